The molecule has 0 atom stereocenters. The molecule has 6 nitrogen and oxygen atoms in total. The van der Waals surface area contributed by atoms with Crippen LogP contribution < -0.4 is 11.5 Å². The highest BCUT2D eigenvalue weighted by molar-refractivity contribution is 7.99. The highest BCUT2D eigenvalue weighted by atomic mass is 32.2. The van der Waals surface area contributed by atoms with Crippen LogP contribution in [-0.4, -0.2) is 26.8 Å². The molecule has 0 radical (unpaired) electrons. The van der Waals surface area contributed by atoms with E-state index in [1.54, 1.807) is 0 Å². The fourth-order valence-electron chi connectivity index (χ4n) is 1.07. The quantitative estimate of drug-likeness (QED) is 0.387. The fraction of sp³-hybridized carbons (Fsp3) is 0.444. The molecule has 0 aliphatic heterocycles. The molecule has 1 aromatic heterocycles. The molecular weight excluding hydrogens is 228 g/mol. The maximum Gasteiger partial charge on any atom is 0.303 e. The minimum atomic E-state index is -0.769. The Morgan fingerprint density at radius 1 is 1.31 bits per heavy atom. The van der Waals surface area contributed by atoms with Crippen molar-refractivity contribution < 1.29 is 9.90 Å². The zero-order chi connectivity index (χ0) is 12.0. The normalized spacial score (nSPS) is 10.2. The molecular formula is C9H14N4O2S. The van der Waals surface area contributed by atoms with Crippen molar-refractivity contribution in [2.75, 3.05) is 17.2 Å². The van der Waals surface area contributed by atoms with Crippen LogP contribution in [0.25, 0.3) is 0 Å². The lowest BCUT2D eigenvalue weighted by atomic mass is 10.3. The predicted octanol–water partition coefficient (Wildman–Crippen LogP) is 0.988. The first-order valence-corrected chi connectivity index (χ1v) is 5.81. The van der Waals surface area contributed by atoms with Gasteiger partial charge < -0.3 is 16.6 Å². The Bertz CT molecular complexity index is 352. The summed E-state index contributed by atoms with van der Waals surface area (Å²) in [5, 5.41) is 8.97. The van der Waals surface area contributed by atoms with Crippen LogP contribution in [0.3, 0.4) is 0 Å². The van der Waals surface area contributed by atoms with Gasteiger partial charge in [0.25, 0.3) is 0 Å². The molecule has 0 aromatic carbocycles. The van der Waals surface area contributed by atoms with Gasteiger partial charge in [0.15, 0.2) is 5.16 Å². The third kappa shape index (κ3) is 4.83. The Kier molecular flexibility index (Phi) is 4.84. The van der Waals surface area contributed by atoms with Crippen molar-refractivity contribution in [2.45, 2.75) is 24.4 Å². The monoisotopic (exact) mass is 242 g/mol. The Morgan fingerprint density at radius 3 is 2.50 bits per heavy atom. The van der Waals surface area contributed by atoms with E-state index in [1.165, 1.54) is 17.8 Å². The third-order valence-electron chi connectivity index (χ3n) is 1.76. The summed E-state index contributed by atoms with van der Waals surface area (Å²) in [5.41, 5.74) is 11.0. The number of carbonyl (C=O) groups is 1. The summed E-state index contributed by atoms with van der Waals surface area (Å²) in [7, 11) is 0. The van der Waals surface area contributed by atoms with Gasteiger partial charge in [-0.2, -0.15) is 0 Å². The average Bonchev–Trinajstić information content (AvgIpc) is 2.15. The number of carboxylic acids is 1. The number of nitrogen functional groups attached to an aromatic ring is 2. The summed E-state index contributed by atoms with van der Waals surface area (Å²) in [6.07, 6.45) is 1.65. The van der Waals surface area contributed by atoms with E-state index in [2.05, 4.69) is 9.97 Å². The number of hydrogen-bond acceptors (Lipinski definition) is 6. The highest BCUT2D eigenvalue weighted by Gasteiger charge is 2.02. The number of anilines is 2. The van der Waals surface area contributed by atoms with E-state index in [0.717, 1.165) is 12.2 Å². The molecule has 0 saturated carbocycles. The minimum absolute atomic E-state index is 0.195. The Morgan fingerprint density at radius 2 is 1.94 bits per heavy atom. The first-order valence-electron chi connectivity index (χ1n) is 4.82. The summed E-state index contributed by atoms with van der Waals surface area (Å²) in [6, 6.07) is 1.49. The van der Waals surface area contributed by atoms with Gasteiger partial charge in [0, 0.05) is 18.2 Å². The summed E-state index contributed by atoms with van der Waals surface area (Å²) >= 11 is 1.43. The van der Waals surface area contributed by atoms with Gasteiger partial charge in [-0.25, -0.2) is 9.97 Å². The molecule has 0 bridgehead atoms. The van der Waals surface area contributed by atoms with Crippen molar-refractivity contribution in [1.82, 2.24) is 9.97 Å². The van der Waals surface area contributed by atoms with Gasteiger partial charge in [-0.15, -0.1) is 0 Å². The Labute approximate surface area is 97.5 Å². The molecule has 0 fully saturated rings. The molecule has 88 valence electrons. The highest BCUT2D eigenvalue weighted by Crippen LogP contribution is 2.17. The second-order valence-electron chi connectivity index (χ2n) is 3.20. The summed E-state index contributed by atoms with van der Waals surface area (Å²) in [4.78, 5) is 18.3. The number of nitrogens with two attached hydrogens (primary N) is 2. The zero-order valence-electron chi connectivity index (χ0n) is 8.72. The maximum atomic E-state index is 10.3. The van der Waals surface area contributed by atoms with Crippen LogP contribution in [0.15, 0.2) is 11.2 Å². The largest absolute Gasteiger partial charge is 0.481 e. The van der Waals surface area contributed by atoms with Crippen LogP contribution >= 0.6 is 11.8 Å². The van der Waals surface area contributed by atoms with Gasteiger partial charge in [0.05, 0.1) is 0 Å². The van der Waals surface area contributed by atoms with Crippen LogP contribution in [0, 0.1) is 0 Å². The van der Waals surface area contributed by atoms with E-state index in [-0.39, 0.29) is 6.42 Å². The van der Waals surface area contributed by atoms with E-state index in [0.29, 0.717) is 23.2 Å². The number of carboxylic acid groups (broad SMARTS) is 1. The second kappa shape index (κ2) is 6.16. The van der Waals surface area contributed by atoms with Gasteiger partial charge in [0.1, 0.15) is 11.6 Å². The van der Waals surface area contributed by atoms with Crippen LogP contribution in [0.5, 0.6) is 0 Å². The molecule has 1 aromatic rings. The van der Waals surface area contributed by atoms with Crippen LogP contribution in [0.4, 0.5) is 11.6 Å². The number of thioether (sulfide) groups is 1. The van der Waals surface area contributed by atoms with E-state index in [9.17, 15) is 4.79 Å². The Balaban J connectivity index is 2.29. The van der Waals surface area contributed by atoms with Crippen molar-refractivity contribution in [1.29, 1.82) is 0 Å². The van der Waals surface area contributed by atoms with Gasteiger partial charge in [-0.05, 0) is 12.8 Å². The number of unbranched alkanes of at least 4 members (excludes halogenated alkanes) is 1. The zero-order valence-corrected chi connectivity index (χ0v) is 9.54. The lowest BCUT2D eigenvalue weighted by Gasteiger charge is -2.01. The molecule has 0 spiro atoms. The van der Waals surface area contributed by atoms with E-state index in [1.807, 2.05) is 0 Å². The standard InChI is InChI=1S/C9H14N4O2S/c10-6-5-7(11)13-9(12-6)16-4-2-1-3-8(14)15/h5H,1-4H2,(H,14,15)(H4,10,11,12,13). The first kappa shape index (κ1) is 12.6. The lowest BCUT2D eigenvalue weighted by Crippen LogP contribution is -1.99. The summed E-state index contributed by atoms with van der Waals surface area (Å²) < 4.78 is 0. The SMILES string of the molecule is Nc1cc(N)nc(SCCCCC(=O)O)n1. The van der Waals surface area contributed by atoms with Crippen LogP contribution in [0.1, 0.15) is 19.3 Å². The fourth-order valence-corrected chi connectivity index (χ4v) is 1.94. The number of nitrogens with zero attached hydrogens (tertiary/aromatic N) is 2. The molecule has 0 aliphatic rings. The van der Waals surface area contributed by atoms with Crippen molar-refractivity contribution in [3.63, 3.8) is 0 Å². The summed E-state index contributed by atoms with van der Waals surface area (Å²) in [6.45, 7) is 0. The molecule has 0 amide bonds. The minimum Gasteiger partial charge on any atom is -0.481 e. The van der Waals surface area contributed by atoms with Crippen molar-refractivity contribution in [3.8, 4) is 0 Å². The van der Waals surface area contributed by atoms with Crippen LogP contribution in [-0.2, 0) is 4.79 Å². The molecule has 0 aliphatic carbocycles. The Hall–Kier alpha value is -1.50. The van der Waals surface area contributed by atoms with Crippen molar-refractivity contribution >= 4 is 29.4 Å². The molecule has 1 heterocycles. The van der Waals surface area contributed by atoms with Gasteiger partial charge in [0.2, 0.25) is 0 Å². The number of rotatable bonds is 6. The van der Waals surface area contributed by atoms with E-state index >= 15 is 0 Å². The molecule has 0 unspecified atom stereocenters. The van der Waals surface area contributed by atoms with Gasteiger partial charge in [-0.1, -0.05) is 11.8 Å². The van der Waals surface area contributed by atoms with Gasteiger partial charge >= 0.3 is 5.97 Å². The average molecular weight is 242 g/mol. The molecule has 0 saturated heterocycles. The first-order chi connectivity index (χ1) is 7.58. The molecule has 7 heteroatoms. The van der Waals surface area contributed by atoms with Crippen molar-refractivity contribution in [2.24, 2.45) is 0 Å². The van der Waals surface area contributed by atoms with Crippen LogP contribution in [0.2, 0.25) is 0 Å². The predicted molar refractivity (Wildman–Crippen MR) is 63.1 cm³/mol. The van der Waals surface area contributed by atoms with E-state index in [4.69, 9.17) is 16.6 Å². The smallest absolute Gasteiger partial charge is 0.303 e. The number of hydrogen-bond donors (Lipinski definition) is 3. The molecule has 16 heavy (non-hydrogen) atoms. The lowest BCUT2D eigenvalue weighted by molar-refractivity contribution is -0.137. The summed E-state index contributed by atoms with van der Waals surface area (Å²) in [5.74, 6) is 0.687. The topological polar surface area (TPSA) is 115 Å². The molecule has 5 N–H and O–H groups in total. The maximum absolute atomic E-state index is 10.3. The third-order valence-corrected chi connectivity index (χ3v) is 2.69. The molecule has 1 rings (SSSR count). The number of aromatic nitrogens is 2. The van der Waals surface area contributed by atoms with Crippen molar-refractivity contribution in [3.05, 3.63) is 6.07 Å². The van der Waals surface area contributed by atoms with E-state index < -0.39 is 5.97 Å². The van der Waals surface area contributed by atoms with Gasteiger partial charge in [-0.3, -0.25) is 4.79 Å². The number of aliphatic carboxylic acids is 1. The second-order valence-corrected chi connectivity index (χ2v) is 4.26.